The molecule has 1 aromatic heterocycles. The average molecular weight is 225 g/mol. The number of aryl methyl sites for hydroxylation is 1. The van der Waals surface area contributed by atoms with Crippen molar-refractivity contribution >= 4 is 0 Å². The minimum Gasteiger partial charge on any atom is -0.480 e. The Morgan fingerprint density at radius 2 is 2.31 bits per heavy atom. The average Bonchev–Trinajstić information content (AvgIpc) is 2.31. The van der Waals surface area contributed by atoms with Gasteiger partial charge in [-0.15, -0.1) is 5.10 Å². The lowest BCUT2D eigenvalue weighted by Gasteiger charge is -2.10. The Morgan fingerprint density at radius 3 is 2.94 bits per heavy atom. The number of rotatable bonds is 6. The summed E-state index contributed by atoms with van der Waals surface area (Å²) in [6, 6.07) is 3.52. The van der Waals surface area contributed by atoms with E-state index in [1.165, 1.54) is 10.7 Å². The van der Waals surface area contributed by atoms with Crippen LogP contribution in [0.5, 0.6) is 5.88 Å². The van der Waals surface area contributed by atoms with E-state index in [0.29, 0.717) is 18.5 Å². The molecule has 0 spiro atoms. The molecule has 0 fully saturated rings. The molecule has 1 heterocycles. The number of aromatic nitrogens is 2. The summed E-state index contributed by atoms with van der Waals surface area (Å²) in [6.45, 7) is 2.74. The van der Waals surface area contributed by atoms with Crippen molar-refractivity contribution < 1.29 is 4.74 Å². The van der Waals surface area contributed by atoms with Gasteiger partial charge in [0.25, 0.3) is 5.56 Å². The fourth-order valence-electron chi connectivity index (χ4n) is 1.39. The SMILES string of the molecule is CNC(C)CCCn1nc(OC)ccc1=O. The highest BCUT2D eigenvalue weighted by molar-refractivity contribution is 5.05. The third-order valence-corrected chi connectivity index (χ3v) is 2.55. The summed E-state index contributed by atoms with van der Waals surface area (Å²) in [7, 11) is 3.47. The molecule has 0 aromatic carbocycles. The highest BCUT2D eigenvalue weighted by atomic mass is 16.5. The van der Waals surface area contributed by atoms with Gasteiger partial charge >= 0.3 is 0 Å². The van der Waals surface area contributed by atoms with Crippen molar-refractivity contribution in [2.45, 2.75) is 32.4 Å². The van der Waals surface area contributed by atoms with Crippen molar-refractivity contribution in [1.82, 2.24) is 15.1 Å². The smallest absolute Gasteiger partial charge is 0.266 e. The van der Waals surface area contributed by atoms with Gasteiger partial charge in [-0.05, 0) is 26.8 Å². The Morgan fingerprint density at radius 1 is 1.56 bits per heavy atom. The molecule has 0 aliphatic carbocycles. The highest BCUT2D eigenvalue weighted by Gasteiger charge is 2.02. The van der Waals surface area contributed by atoms with Crippen molar-refractivity contribution in [3.63, 3.8) is 0 Å². The topological polar surface area (TPSA) is 56.1 Å². The zero-order valence-electron chi connectivity index (χ0n) is 10.1. The second-order valence-electron chi connectivity index (χ2n) is 3.77. The molecule has 0 aliphatic rings. The van der Waals surface area contributed by atoms with Gasteiger partial charge < -0.3 is 10.1 Å². The summed E-state index contributed by atoms with van der Waals surface area (Å²) in [4.78, 5) is 11.5. The van der Waals surface area contributed by atoms with Gasteiger partial charge in [-0.2, -0.15) is 0 Å². The summed E-state index contributed by atoms with van der Waals surface area (Å²) in [5.74, 6) is 0.473. The Labute approximate surface area is 95.4 Å². The second kappa shape index (κ2) is 6.27. The zero-order chi connectivity index (χ0) is 12.0. The summed E-state index contributed by atoms with van der Waals surface area (Å²) in [5, 5.41) is 7.23. The minimum absolute atomic E-state index is 0.0853. The van der Waals surface area contributed by atoms with Gasteiger partial charge in [-0.25, -0.2) is 4.68 Å². The Balaban J connectivity index is 2.56. The first-order chi connectivity index (χ1) is 7.67. The van der Waals surface area contributed by atoms with Crippen molar-refractivity contribution in [3.8, 4) is 5.88 Å². The van der Waals surface area contributed by atoms with Crippen LogP contribution < -0.4 is 15.6 Å². The number of hydrogen-bond donors (Lipinski definition) is 1. The third-order valence-electron chi connectivity index (χ3n) is 2.55. The number of ether oxygens (including phenoxy) is 1. The molecule has 0 radical (unpaired) electrons. The summed E-state index contributed by atoms with van der Waals surface area (Å²) < 4.78 is 6.42. The van der Waals surface area contributed by atoms with Crippen LogP contribution in [0.1, 0.15) is 19.8 Å². The molecule has 90 valence electrons. The number of methoxy groups -OCH3 is 1. The van der Waals surface area contributed by atoms with Crippen LogP contribution >= 0.6 is 0 Å². The van der Waals surface area contributed by atoms with Gasteiger partial charge in [0.15, 0.2) is 0 Å². The van der Waals surface area contributed by atoms with Crippen molar-refractivity contribution in [3.05, 3.63) is 22.5 Å². The standard InChI is InChI=1S/C11H19N3O2/c1-9(12-2)5-4-8-14-11(15)7-6-10(13-14)16-3/h6-7,9,12H,4-5,8H2,1-3H3. The first-order valence-corrected chi connectivity index (χ1v) is 5.46. The van der Waals surface area contributed by atoms with E-state index in [0.717, 1.165) is 12.8 Å². The molecule has 0 aliphatic heterocycles. The van der Waals surface area contributed by atoms with E-state index in [-0.39, 0.29) is 5.56 Å². The molecule has 1 unspecified atom stereocenters. The van der Waals surface area contributed by atoms with Gasteiger partial charge in [-0.1, -0.05) is 0 Å². The van der Waals surface area contributed by atoms with E-state index in [1.54, 1.807) is 13.2 Å². The molecule has 0 bridgehead atoms. The molecule has 5 heteroatoms. The fourth-order valence-corrected chi connectivity index (χ4v) is 1.39. The van der Waals surface area contributed by atoms with Crippen molar-refractivity contribution in [2.75, 3.05) is 14.2 Å². The number of nitrogens with one attached hydrogen (secondary N) is 1. The quantitative estimate of drug-likeness (QED) is 0.772. The lowest BCUT2D eigenvalue weighted by molar-refractivity contribution is 0.371. The van der Waals surface area contributed by atoms with E-state index in [9.17, 15) is 4.79 Å². The van der Waals surface area contributed by atoms with E-state index >= 15 is 0 Å². The van der Waals surface area contributed by atoms with Crippen LogP contribution in [0.2, 0.25) is 0 Å². The molecule has 0 saturated heterocycles. The van der Waals surface area contributed by atoms with Crippen LogP contribution in [0.25, 0.3) is 0 Å². The van der Waals surface area contributed by atoms with Gasteiger partial charge in [0.1, 0.15) is 0 Å². The Kier molecular flexibility index (Phi) is 4.98. The van der Waals surface area contributed by atoms with E-state index in [4.69, 9.17) is 4.74 Å². The van der Waals surface area contributed by atoms with Crippen molar-refractivity contribution in [1.29, 1.82) is 0 Å². The maximum absolute atomic E-state index is 11.5. The molecule has 1 rings (SSSR count). The summed E-state index contributed by atoms with van der Waals surface area (Å²) >= 11 is 0. The maximum Gasteiger partial charge on any atom is 0.266 e. The largest absolute Gasteiger partial charge is 0.480 e. The van der Waals surface area contributed by atoms with Crippen molar-refractivity contribution in [2.24, 2.45) is 0 Å². The van der Waals surface area contributed by atoms with Gasteiger partial charge in [0, 0.05) is 24.7 Å². The molecule has 1 N–H and O–H groups in total. The van der Waals surface area contributed by atoms with Gasteiger partial charge in [0.05, 0.1) is 7.11 Å². The molecule has 0 saturated carbocycles. The van der Waals surface area contributed by atoms with Crippen LogP contribution in [0, 0.1) is 0 Å². The van der Waals surface area contributed by atoms with Crippen LogP contribution in [-0.4, -0.2) is 30.0 Å². The second-order valence-corrected chi connectivity index (χ2v) is 3.77. The molecular formula is C11H19N3O2. The summed E-state index contributed by atoms with van der Waals surface area (Å²) in [6.07, 6.45) is 1.93. The first kappa shape index (κ1) is 12.7. The Bertz CT molecular complexity index is 376. The van der Waals surface area contributed by atoms with Crippen LogP contribution in [0.15, 0.2) is 16.9 Å². The predicted octanol–water partition coefficient (Wildman–Crippen LogP) is 0.640. The van der Waals surface area contributed by atoms with E-state index < -0.39 is 0 Å². The molecule has 0 amide bonds. The summed E-state index contributed by atoms with van der Waals surface area (Å²) in [5.41, 5.74) is -0.0853. The normalized spacial score (nSPS) is 12.4. The molecule has 16 heavy (non-hydrogen) atoms. The van der Waals surface area contributed by atoms with Crippen LogP contribution in [-0.2, 0) is 6.54 Å². The number of nitrogens with zero attached hydrogens (tertiary/aromatic N) is 2. The number of hydrogen-bond acceptors (Lipinski definition) is 4. The minimum atomic E-state index is -0.0853. The molecular weight excluding hydrogens is 206 g/mol. The highest BCUT2D eigenvalue weighted by Crippen LogP contribution is 2.01. The third kappa shape index (κ3) is 3.66. The lowest BCUT2D eigenvalue weighted by atomic mass is 10.2. The zero-order valence-corrected chi connectivity index (χ0v) is 10.1. The van der Waals surface area contributed by atoms with Crippen LogP contribution in [0.4, 0.5) is 0 Å². The monoisotopic (exact) mass is 225 g/mol. The lowest BCUT2D eigenvalue weighted by Crippen LogP contribution is -2.25. The Hall–Kier alpha value is -1.36. The van der Waals surface area contributed by atoms with E-state index in [1.807, 2.05) is 7.05 Å². The first-order valence-electron chi connectivity index (χ1n) is 5.46. The van der Waals surface area contributed by atoms with Gasteiger partial charge in [-0.3, -0.25) is 4.79 Å². The maximum atomic E-state index is 11.5. The van der Waals surface area contributed by atoms with Crippen LogP contribution in [0.3, 0.4) is 0 Å². The predicted molar refractivity (Wildman–Crippen MR) is 62.8 cm³/mol. The fraction of sp³-hybridized carbons (Fsp3) is 0.636. The van der Waals surface area contributed by atoms with E-state index in [2.05, 4.69) is 17.3 Å². The molecule has 1 atom stereocenters. The molecule has 1 aromatic rings. The van der Waals surface area contributed by atoms with Gasteiger partial charge in [0.2, 0.25) is 5.88 Å². The molecule has 5 nitrogen and oxygen atoms in total.